The van der Waals surface area contributed by atoms with Crippen LogP contribution in [0.3, 0.4) is 0 Å². The molecule has 0 spiro atoms. The molecule has 1 aliphatic rings. The molecule has 0 bridgehead atoms. The molecule has 2 aromatic rings. The van der Waals surface area contributed by atoms with Gasteiger partial charge in [-0.3, -0.25) is 0 Å². The van der Waals surface area contributed by atoms with E-state index in [0.29, 0.717) is 17.6 Å². The maximum atomic E-state index is 8.98. The number of hydrogen-bond acceptors (Lipinski definition) is 6. The molecule has 6 heteroatoms. The van der Waals surface area contributed by atoms with E-state index < -0.39 is 0 Å². The molecule has 1 saturated carbocycles. The number of nitrogens with one attached hydrogen (secondary N) is 1. The van der Waals surface area contributed by atoms with Gasteiger partial charge in [-0.1, -0.05) is 0 Å². The van der Waals surface area contributed by atoms with Crippen LogP contribution in [0.25, 0.3) is 0 Å². The maximum Gasteiger partial charge on any atom is 0.224 e. The maximum absolute atomic E-state index is 8.98. The Morgan fingerprint density at radius 2 is 2.20 bits per heavy atom. The summed E-state index contributed by atoms with van der Waals surface area (Å²) in [6.45, 7) is 3.93. The van der Waals surface area contributed by atoms with E-state index in [0.717, 1.165) is 10.7 Å². The van der Waals surface area contributed by atoms with Crippen molar-refractivity contribution in [2.45, 2.75) is 32.7 Å². The highest BCUT2D eigenvalue weighted by Gasteiger charge is 2.34. The van der Waals surface area contributed by atoms with Gasteiger partial charge in [-0.2, -0.15) is 5.26 Å². The van der Waals surface area contributed by atoms with Gasteiger partial charge < -0.3 is 5.32 Å². The number of anilines is 1. The minimum absolute atomic E-state index is 0.155. The van der Waals surface area contributed by atoms with E-state index in [2.05, 4.69) is 33.3 Å². The summed E-state index contributed by atoms with van der Waals surface area (Å²) in [5.74, 6) is 1.11. The Balaban J connectivity index is 1.87. The molecule has 3 rings (SSSR count). The second-order valence-corrected chi connectivity index (χ2v) is 6.36. The molecule has 102 valence electrons. The minimum atomic E-state index is 0.155. The van der Waals surface area contributed by atoms with Crippen LogP contribution in [0.5, 0.6) is 0 Å². The van der Waals surface area contributed by atoms with Gasteiger partial charge >= 0.3 is 0 Å². The molecule has 2 aromatic heterocycles. The lowest BCUT2D eigenvalue weighted by Gasteiger charge is -2.16. The summed E-state index contributed by atoms with van der Waals surface area (Å²) in [6, 6.07) is 3.91. The Morgan fingerprint density at radius 3 is 2.80 bits per heavy atom. The van der Waals surface area contributed by atoms with Crippen molar-refractivity contribution in [2.75, 3.05) is 5.32 Å². The average Bonchev–Trinajstić information content (AvgIpc) is 3.17. The molecular weight excluding hydrogens is 270 g/mol. The van der Waals surface area contributed by atoms with Crippen molar-refractivity contribution in [2.24, 2.45) is 5.92 Å². The van der Waals surface area contributed by atoms with E-state index in [1.165, 1.54) is 17.7 Å². The zero-order chi connectivity index (χ0) is 14.1. The number of aromatic nitrogens is 3. The van der Waals surface area contributed by atoms with E-state index in [4.69, 9.17) is 5.26 Å². The SMILES string of the molecule is Cc1cc(C#N)nc(NC(c2ncc(C)s2)C2CC2)n1. The van der Waals surface area contributed by atoms with Crippen molar-refractivity contribution in [3.63, 3.8) is 0 Å². The first-order valence-electron chi connectivity index (χ1n) is 6.60. The van der Waals surface area contributed by atoms with Gasteiger partial charge in [-0.05, 0) is 38.7 Å². The number of rotatable bonds is 4. The predicted molar refractivity (Wildman–Crippen MR) is 77.4 cm³/mol. The Bertz CT molecular complexity index is 668. The lowest BCUT2D eigenvalue weighted by Crippen LogP contribution is -2.15. The Hall–Kier alpha value is -2.00. The van der Waals surface area contributed by atoms with Crippen LogP contribution in [-0.2, 0) is 0 Å². The topological polar surface area (TPSA) is 74.5 Å². The van der Waals surface area contributed by atoms with E-state index >= 15 is 0 Å². The van der Waals surface area contributed by atoms with Gasteiger partial charge in [0.1, 0.15) is 16.8 Å². The number of nitrogens with zero attached hydrogens (tertiary/aromatic N) is 4. The van der Waals surface area contributed by atoms with Crippen LogP contribution in [-0.4, -0.2) is 15.0 Å². The fourth-order valence-electron chi connectivity index (χ4n) is 2.16. The highest BCUT2D eigenvalue weighted by molar-refractivity contribution is 7.11. The van der Waals surface area contributed by atoms with Crippen molar-refractivity contribution in [3.05, 3.63) is 33.5 Å². The minimum Gasteiger partial charge on any atom is -0.345 e. The first kappa shape index (κ1) is 13.0. The van der Waals surface area contributed by atoms with Crippen molar-refractivity contribution in [3.8, 4) is 6.07 Å². The fraction of sp³-hybridized carbons (Fsp3) is 0.429. The third-order valence-corrected chi connectivity index (χ3v) is 4.25. The van der Waals surface area contributed by atoms with E-state index in [1.807, 2.05) is 13.1 Å². The zero-order valence-electron chi connectivity index (χ0n) is 11.4. The van der Waals surface area contributed by atoms with Gasteiger partial charge in [0.15, 0.2) is 0 Å². The van der Waals surface area contributed by atoms with Gasteiger partial charge in [0.25, 0.3) is 0 Å². The Morgan fingerprint density at radius 1 is 1.40 bits per heavy atom. The van der Waals surface area contributed by atoms with Crippen LogP contribution >= 0.6 is 11.3 Å². The molecule has 0 aromatic carbocycles. The number of nitriles is 1. The van der Waals surface area contributed by atoms with Crippen LogP contribution in [0.4, 0.5) is 5.95 Å². The van der Waals surface area contributed by atoms with Gasteiger partial charge in [0, 0.05) is 16.8 Å². The number of hydrogen-bond donors (Lipinski definition) is 1. The molecule has 20 heavy (non-hydrogen) atoms. The van der Waals surface area contributed by atoms with Crippen LogP contribution in [0.2, 0.25) is 0 Å². The van der Waals surface area contributed by atoms with Gasteiger partial charge in [0.2, 0.25) is 5.95 Å². The molecule has 1 N–H and O–H groups in total. The molecule has 5 nitrogen and oxygen atoms in total. The number of aryl methyl sites for hydroxylation is 2. The molecule has 1 atom stereocenters. The molecule has 0 radical (unpaired) electrons. The standard InChI is InChI=1S/C14H15N5S/c1-8-5-11(6-15)18-14(17-8)19-12(10-3-4-10)13-16-7-9(2)20-13/h5,7,10,12H,3-4H2,1-2H3,(H,17,18,19). The summed E-state index contributed by atoms with van der Waals surface area (Å²) in [4.78, 5) is 14.3. The molecule has 0 aliphatic heterocycles. The molecule has 1 unspecified atom stereocenters. The summed E-state index contributed by atoms with van der Waals surface area (Å²) in [5, 5.41) is 13.4. The first-order chi connectivity index (χ1) is 9.65. The summed E-state index contributed by atoms with van der Waals surface area (Å²) < 4.78 is 0. The molecule has 1 aliphatic carbocycles. The highest BCUT2D eigenvalue weighted by atomic mass is 32.1. The van der Waals surface area contributed by atoms with Crippen LogP contribution in [0, 0.1) is 31.1 Å². The summed E-state index contributed by atoms with van der Waals surface area (Å²) in [6.07, 6.45) is 4.30. The highest BCUT2D eigenvalue weighted by Crippen LogP contribution is 2.43. The molecule has 0 saturated heterocycles. The van der Waals surface area contributed by atoms with Crippen LogP contribution < -0.4 is 5.32 Å². The fourth-order valence-corrected chi connectivity index (χ4v) is 3.08. The van der Waals surface area contributed by atoms with E-state index in [1.54, 1.807) is 17.4 Å². The van der Waals surface area contributed by atoms with Gasteiger partial charge in [-0.15, -0.1) is 11.3 Å². The average molecular weight is 285 g/mol. The summed E-state index contributed by atoms with van der Waals surface area (Å²) >= 11 is 1.70. The molecular formula is C14H15N5S. The largest absolute Gasteiger partial charge is 0.345 e. The van der Waals surface area contributed by atoms with Crippen molar-refractivity contribution in [1.82, 2.24) is 15.0 Å². The molecule has 2 heterocycles. The van der Waals surface area contributed by atoms with Crippen molar-refractivity contribution in [1.29, 1.82) is 5.26 Å². The summed E-state index contributed by atoms with van der Waals surface area (Å²) in [5.41, 5.74) is 1.19. The monoisotopic (exact) mass is 285 g/mol. The Labute approximate surface area is 121 Å². The molecule has 1 fully saturated rings. The Kier molecular flexibility index (Phi) is 3.36. The van der Waals surface area contributed by atoms with E-state index in [-0.39, 0.29) is 6.04 Å². The quantitative estimate of drug-likeness (QED) is 0.934. The number of thiazole rings is 1. The van der Waals surface area contributed by atoms with Gasteiger partial charge in [-0.25, -0.2) is 15.0 Å². The first-order valence-corrected chi connectivity index (χ1v) is 7.42. The zero-order valence-corrected chi connectivity index (χ0v) is 12.2. The third-order valence-electron chi connectivity index (χ3n) is 3.25. The van der Waals surface area contributed by atoms with Crippen molar-refractivity contribution >= 4 is 17.3 Å². The second-order valence-electron chi connectivity index (χ2n) is 5.10. The van der Waals surface area contributed by atoms with Crippen LogP contribution in [0.1, 0.15) is 40.2 Å². The van der Waals surface area contributed by atoms with Gasteiger partial charge in [0.05, 0.1) is 6.04 Å². The lowest BCUT2D eigenvalue weighted by atomic mass is 10.2. The normalized spacial score (nSPS) is 15.7. The second kappa shape index (κ2) is 5.17. The third kappa shape index (κ3) is 2.78. The smallest absolute Gasteiger partial charge is 0.224 e. The van der Waals surface area contributed by atoms with Crippen molar-refractivity contribution < 1.29 is 0 Å². The lowest BCUT2D eigenvalue weighted by molar-refractivity contribution is 0.665. The summed E-state index contributed by atoms with van der Waals surface area (Å²) in [7, 11) is 0. The van der Waals surface area contributed by atoms with E-state index in [9.17, 15) is 0 Å². The molecule has 0 amide bonds. The predicted octanol–water partition coefficient (Wildman–Crippen LogP) is 2.98. The van der Waals surface area contributed by atoms with Crippen LogP contribution in [0.15, 0.2) is 12.3 Å².